The number of carbonyl (C=O) groups excluding carboxylic acids is 1. The van der Waals surface area contributed by atoms with E-state index in [1.807, 2.05) is 0 Å². The van der Waals surface area contributed by atoms with E-state index in [2.05, 4.69) is 5.32 Å². The first-order chi connectivity index (χ1) is 10.0. The summed E-state index contributed by atoms with van der Waals surface area (Å²) >= 11 is 0. The number of nitrogens with one attached hydrogen (secondary N) is 1. The molecule has 1 aliphatic heterocycles. The maximum Gasteiger partial charge on any atom is 0.329 e. The van der Waals surface area contributed by atoms with E-state index in [9.17, 15) is 19.8 Å². The lowest BCUT2D eigenvalue weighted by Crippen LogP contribution is -2.57. The van der Waals surface area contributed by atoms with Crippen molar-refractivity contribution < 1.29 is 24.5 Å². The molecular weight excluding hydrogens is 274 g/mol. The molecule has 1 fully saturated rings. The largest absolute Gasteiger partial charge is 0.508 e. The molecule has 6 heteroatoms. The fourth-order valence-electron chi connectivity index (χ4n) is 2.41. The topological polar surface area (TPSA) is 95.9 Å². The number of carbonyl (C=O) groups is 2. The maximum absolute atomic E-state index is 12.0. The van der Waals surface area contributed by atoms with Gasteiger partial charge in [-0.2, -0.15) is 0 Å². The number of phenolic OH excluding ortho intramolecular Hbond substituents is 1. The number of carboxylic acids is 1. The zero-order chi connectivity index (χ0) is 15.3. The summed E-state index contributed by atoms with van der Waals surface area (Å²) in [4.78, 5) is 23.4. The van der Waals surface area contributed by atoms with Gasteiger partial charge in [0.2, 0.25) is 5.91 Å². The van der Waals surface area contributed by atoms with Crippen LogP contribution in [-0.2, 0) is 20.7 Å². The molecule has 0 bridgehead atoms. The SMILES string of the molecule is O=C(CCc1ccccc1O)NC1(C(=O)O)CCOCC1. The van der Waals surface area contributed by atoms with Crippen LogP contribution in [-0.4, -0.2) is 40.8 Å². The van der Waals surface area contributed by atoms with Crippen LogP contribution < -0.4 is 5.32 Å². The minimum atomic E-state index is -1.23. The van der Waals surface area contributed by atoms with Gasteiger partial charge in [0.25, 0.3) is 0 Å². The molecule has 0 radical (unpaired) electrons. The molecule has 0 saturated carbocycles. The molecule has 1 amide bonds. The molecule has 1 aromatic carbocycles. The molecule has 3 N–H and O–H groups in total. The molecular formula is C15H19NO5. The lowest BCUT2D eigenvalue weighted by molar-refractivity contribution is -0.152. The summed E-state index contributed by atoms with van der Waals surface area (Å²) in [5, 5.41) is 21.6. The molecule has 1 aliphatic rings. The molecule has 0 atom stereocenters. The summed E-state index contributed by atoms with van der Waals surface area (Å²) in [6.07, 6.45) is 1.04. The molecule has 6 nitrogen and oxygen atoms in total. The van der Waals surface area contributed by atoms with Crippen molar-refractivity contribution >= 4 is 11.9 Å². The summed E-state index contributed by atoms with van der Waals surface area (Å²) in [5.41, 5.74) is -0.558. The van der Waals surface area contributed by atoms with E-state index >= 15 is 0 Å². The van der Waals surface area contributed by atoms with Crippen molar-refractivity contribution in [3.05, 3.63) is 29.8 Å². The second-order valence-corrected chi connectivity index (χ2v) is 5.18. The van der Waals surface area contributed by atoms with Gasteiger partial charge >= 0.3 is 5.97 Å². The van der Waals surface area contributed by atoms with E-state index in [0.29, 0.717) is 25.2 Å². The predicted octanol–water partition coefficient (Wildman–Crippen LogP) is 1.07. The van der Waals surface area contributed by atoms with Crippen LogP contribution in [0.25, 0.3) is 0 Å². The Morgan fingerprint density at radius 2 is 1.90 bits per heavy atom. The first kappa shape index (κ1) is 15.3. The highest BCUT2D eigenvalue weighted by Crippen LogP contribution is 2.22. The van der Waals surface area contributed by atoms with E-state index < -0.39 is 11.5 Å². The number of hydrogen-bond donors (Lipinski definition) is 3. The fraction of sp³-hybridized carbons (Fsp3) is 0.467. The Labute approximate surface area is 122 Å². The number of para-hydroxylation sites is 1. The second-order valence-electron chi connectivity index (χ2n) is 5.18. The zero-order valence-electron chi connectivity index (χ0n) is 11.7. The van der Waals surface area contributed by atoms with Gasteiger partial charge in [-0.15, -0.1) is 0 Å². The molecule has 0 unspecified atom stereocenters. The van der Waals surface area contributed by atoms with Crippen LogP contribution in [0.3, 0.4) is 0 Å². The summed E-state index contributed by atoms with van der Waals surface area (Å²) in [5.74, 6) is -1.21. The molecule has 1 aromatic rings. The van der Waals surface area contributed by atoms with E-state index in [1.165, 1.54) is 0 Å². The third-order valence-electron chi connectivity index (χ3n) is 3.75. The average Bonchev–Trinajstić information content (AvgIpc) is 2.47. The summed E-state index contributed by atoms with van der Waals surface area (Å²) < 4.78 is 5.15. The highest BCUT2D eigenvalue weighted by molar-refractivity contribution is 5.87. The van der Waals surface area contributed by atoms with Gasteiger partial charge in [-0.05, 0) is 18.1 Å². The molecule has 0 aromatic heterocycles. The number of rotatable bonds is 5. The summed E-state index contributed by atoms with van der Waals surface area (Å²) in [6.45, 7) is 0.651. The Morgan fingerprint density at radius 3 is 2.52 bits per heavy atom. The standard InChI is InChI=1S/C15H19NO5/c17-12-4-2-1-3-11(12)5-6-13(18)16-15(14(19)20)7-9-21-10-8-15/h1-4,17H,5-10H2,(H,16,18)(H,19,20). The number of aromatic hydroxyl groups is 1. The van der Waals surface area contributed by atoms with E-state index in [4.69, 9.17) is 4.74 Å². The lowest BCUT2D eigenvalue weighted by atomic mass is 9.90. The molecule has 0 spiro atoms. The van der Waals surface area contributed by atoms with Crippen molar-refractivity contribution in [2.24, 2.45) is 0 Å². The number of ether oxygens (including phenoxy) is 1. The minimum Gasteiger partial charge on any atom is -0.508 e. The van der Waals surface area contributed by atoms with Crippen LogP contribution in [0.15, 0.2) is 24.3 Å². The second kappa shape index (κ2) is 6.58. The van der Waals surface area contributed by atoms with E-state index in [1.54, 1.807) is 24.3 Å². The van der Waals surface area contributed by atoms with Crippen molar-refractivity contribution in [3.8, 4) is 5.75 Å². The van der Waals surface area contributed by atoms with Crippen molar-refractivity contribution in [2.75, 3.05) is 13.2 Å². The van der Waals surface area contributed by atoms with Gasteiger partial charge in [0.1, 0.15) is 11.3 Å². The van der Waals surface area contributed by atoms with Gasteiger partial charge in [0.05, 0.1) is 0 Å². The van der Waals surface area contributed by atoms with Crippen LogP contribution in [0.4, 0.5) is 0 Å². The predicted molar refractivity (Wildman–Crippen MR) is 75.0 cm³/mol. The Balaban J connectivity index is 1.94. The van der Waals surface area contributed by atoms with Gasteiger partial charge < -0.3 is 20.3 Å². The Kier molecular flexibility index (Phi) is 4.80. The maximum atomic E-state index is 12.0. The molecule has 2 rings (SSSR count). The fourth-order valence-corrected chi connectivity index (χ4v) is 2.41. The van der Waals surface area contributed by atoms with Crippen LogP contribution in [0.1, 0.15) is 24.8 Å². The quantitative estimate of drug-likeness (QED) is 0.755. The summed E-state index contributed by atoms with van der Waals surface area (Å²) in [7, 11) is 0. The van der Waals surface area contributed by atoms with Crippen LogP contribution in [0, 0.1) is 0 Å². The Bertz CT molecular complexity index is 523. The number of phenols is 1. The smallest absolute Gasteiger partial charge is 0.329 e. The molecule has 21 heavy (non-hydrogen) atoms. The van der Waals surface area contributed by atoms with Crippen molar-refractivity contribution in [2.45, 2.75) is 31.2 Å². The van der Waals surface area contributed by atoms with Crippen molar-refractivity contribution in [1.82, 2.24) is 5.32 Å². The van der Waals surface area contributed by atoms with E-state index in [0.717, 1.165) is 0 Å². The van der Waals surface area contributed by atoms with E-state index in [-0.39, 0.29) is 30.9 Å². The molecule has 1 saturated heterocycles. The Hall–Kier alpha value is -2.08. The third-order valence-corrected chi connectivity index (χ3v) is 3.75. The van der Waals surface area contributed by atoms with Gasteiger partial charge in [-0.3, -0.25) is 4.79 Å². The van der Waals surface area contributed by atoms with Crippen LogP contribution >= 0.6 is 0 Å². The normalized spacial score (nSPS) is 17.1. The van der Waals surface area contributed by atoms with Crippen molar-refractivity contribution in [1.29, 1.82) is 0 Å². The number of aryl methyl sites for hydroxylation is 1. The number of carboxylic acid groups (broad SMARTS) is 1. The van der Waals surface area contributed by atoms with Gasteiger partial charge in [-0.25, -0.2) is 4.79 Å². The lowest BCUT2D eigenvalue weighted by Gasteiger charge is -2.33. The molecule has 0 aliphatic carbocycles. The first-order valence-corrected chi connectivity index (χ1v) is 6.92. The molecule has 114 valence electrons. The number of amides is 1. The number of hydrogen-bond acceptors (Lipinski definition) is 4. The van der Waals surface area contributed by atoms with Gasteiger partial charge in [0.15, 0.2) is 0 Å². The minimum absolute atomic E-state index is 0.132. The van der Waals surface area contributed by atoms with Crippen LogP contribution in [0.2, 0.25) is 0 Å². The van der Waals surface area contributed by atoms with Crippen LogP contribution in [0.5, 0.6) is 5.75 Å². The summed E-state index contributed by atoms with van der Waals surface area (Å²) in [6, 6.07) is 6.79. The highest BCUT2D eigenvalue weighted by atomic mass is 16.5. The zero-order valence-corrected chi connectivity index (χ0v) is 11.7. The van der Waals surface area contributed by atoms with Gasteiger partial charge in [0, 0.05) is 32.5 Å². The number of aliphatic carboxylic acids is 1. The third kappa shape index (κ3) is 3.72. The Morgan fingerprint density at radius 1 is 1.24 bits per heavy atom. The van der Waals surface area contributed by atoms with Crippen molar-refractivity contribution in [3.63, 3.8) is 0 Å². The average molecular weight is 293 g/mol. The monoisotopic (exact) mass is 293 g/mol. The molecule has 1 heterocycles. The number of benzene rings is 1. The highest BCUT2D eigenvalue weighted by Gasteiger charge is 2.41. The first-order valence-electron chi connectivity index (χ1n) is 6.92. The van der Waals surface area contributed by atoms with Gasteiger partial charge in [-0.1, -0.05) is 18.2 Å².